The van der Waals surface area contributed by atoms with Crippen LogP contribution in [-0.4, -0.2) is 9.55 Å². The Hall–Kier alpha value is -2.02. The number of halogens is 4. The van der Waals surface area contributed by atoms with Crippen molar-refractivity contribution in [2.45, 2.75) is 12.7 Å². The van der Waals surface area contributed by atoms with E-state index in [-0.39, 0.29) is 16.5 Å². The van der Waals surface area contributed by atoms with E-state index in [2.05, 4.69) is 4.98 Å². The second-order valence-corrected chi connectivity index (χ2v) is 4.40. The van der Waals surface area contributed by atoms with Crippen LogP contribution >= 0.6 is 11.6 Å². The van der Waals surface area contributed by atoms with Crippen molar-refractivity contribution in [2.24, 2.45) is 0 Å². The Bertz CT molecular complexity index is 697. The minimum absolute atomic E-state index is 0.102. The van der Waals surface area contributed by atoms with E-state index in [1.807, 2.05) is 0 Å². The summed E-state index contributed by atoms with van der Waals surface area (Å²) in [7, 11) is 0. The van der Waals surface area contributed by atoms with Gasteiger partial charge in [-0.25, -0.2) is 4.98 Å². The van der Waals surface area contributed by atoms with Crippen LogP contribution < -0.4 is 11.3 Å². The lowest BCUT2D eigenvalue weighted by atomic mass is 10.3. The Morgan fingerprint density at radius 2 is 1.95 bits per heavy atom. The second kappa shape index (κ2) is 5.16. The summed E-state index contributed by atoms with van der Waals surface area (Å²) in [6, 6.07) is 5.75. The summed E-state index contributed by atoms with van der Waals surface area (Å²) < 4.78 is 39.2. The molecule has 0 saturated carbocycles. The summed E-state index contributed by atoms with van der Waals surface area (Å²) >= 11 is 5.85. The number of anilines is 1. The summed E-state index contributed by atoms with van der Waals surface area (Å²) in [6.07, 6.45) is -4.65. The number of nitrogen functional groups attached to an aromatic ring is 1. The third kappa shape index (κ3) is 2.93. The van der Waals surface area contributed by atoms with Gasteiger partial charge in [-0.05, 0) is 18.2 Å². The second-order valence-electron chi connectivity index (χ2n) is 4.00. The molecule has 0 radical (unpaired) electrons. The first-order valence-corrected chi connectivity index (χ1v) is 5.85. The van der Waals surface area contributed by atoms with Gasteiger partial charge < -0.3 is 5.73 Å². The van der Waals surface area contributed by atoms with Crippen LogP contribution in [0.5, 0.6) is 0 Å². The van der Waals surface area contributed by atoms with Gasteiger partial charge in [-0.1, -0.05) is 17.7 Å². The third-order valence-electron chi connectivity index (χ3n) is 2.59. The molecule has 0 amide bonds. The first-order valence-electron chi connectivity index (χ1n) is 5.47. The van der Waals surface area contributed by atoms with Gasteiger partial charge in [0.15, 0.2) is 0 Å². The number of nitrogens with zero attached hydrogens (tertiary/aromatic N) is 2. The molecule has 0 aromatic carbocycles. The van der Waals surface area contributed by atoms with Gasteiger partial charge in [0.2, 0.25) is 0 Å². The predicted octanol–water partition coefficient (Wildman–Crippen LogP) is 2.55. The predicted molar refractivity (Wildman–Crippen MR) is 68.5 cm³/mol. The summed E-state index contributed by atoms with van der Waals surface area (Å²) in [5.74, 6) is 0.113. The van der Waals surface area contributed by atoms with Crippen LogP contribution in [0.3, 0.4) is 0 Å². The quantitative estimate of drug-likeness (QED) is 0.927. The number of pyridine rings is 2. The van der Waals surface area contributed by atoms with Crippen LogP contribution in [0, 0.1) is 0 Å². The molecular formula is C12H9ClF3N3O. The molecule has 0 unspecified atom stereocenters. The standard InChI is InChI=1S/C12H9ClF3N3O/c13-7-4-5-10(17)18-8(7)6-19-9(12(14,15)16)2-1-3-11(19)20/h1-5H,6H2,(H2,17,18). The largest absolute Gasteiger partial charge is 0.431 e. The van der Waals surface area contributed by atoms with Crippen LogP contribution in [0.15, 0.2) is 35.1 Å². The summed E-state index contributed by atoms with van der Waals surface area (Å²) in [4.78, 5) is 15.5. The van der Waals surface area contributed by atoms with Crippen molar-refractivity contribution in [1.82, 2.24) is 9.55 Å². The fourth-order valence-corrected chi connectivity index (χ4v) is 1.86. The van der Waals surface area contributed by atoms with Crippen molar-refractivity contribution in [1.29, 1.82) is 0 Å². The van der Waals surface area contributed by atoms with E-state index in [1.165, 1.54) is 12.1 Å². The molecule has 2 heterocycles. The van der Waals surface area contributed by atoms with Crippen LogP contribution in [0.1, 0.15) is 11.4 Å². The van der Waals surface area contributed by atoms with Crippen molar-refractivity contribution in [3.8, 4) is 0 Å². The highest BCUT2D eigenvalue weighted by Crippen LogP contribution is 2.28. The zero-order valence-electron chi connectivity index (χ0n) is 9.99. The van der Waals surface area contributed by atoms with Gasteiger partial charge in [0.05, 0.1) is 17.3 Å². The number of hydrogen-bond acceptors (Lipinski definition) is 3. The van der Waals surface area contributed by atoms with Crippen molar-refractivity contribution in [3.05, 3.63) is 57.1 Å². The highest BCUT2D eigenvalue weighted by atomic mass is 35.5. The van der Waals surface area contributed by atoms with Gasteiger partial charge in [0.1, 0.15) is 11.5 Å². The average molecular weight is 304 g/mol. The Labute approximate surface area is 116 Å². The number of rotatable bonds is 2. The lowest BCUT2D eigenvalue weighted by Gasteiger charge is -2.15. The third-order valence-corrected chi connectivity index (χ3v) is 2.93. The Balaban J connectivity index is 2.54. The van der Waals surface area contributed by atoms with E-state index >= 15 is 0 Å². The van der Waals surface area contributed by atoms with Gasteiger partial charge in [0, 0.05) is 6.07 Å². The highest BCUT2D eigenvalue weighted by Gasteiger charge is 2.34. The lowest BCUT2D eigenvalue weighted by Crippen LogP contribution is -2.28. The minimum atomic E-state index is -4.65. The van der Waals surface area contributed by atoms with E-state index in [0.717, 1.165) is 18.2 Å². The summed E-state index contributed by atoms with van der Waals surface area (Å²) in [5, 5.41) is 0.142. The summed E-state index contributed by atoms with van der Waals surface area (Å²) in [5.41, 5.74) is 3.71. The average Bonchev–Trinajstić information content (AvgIpc) is 2.35. The normalized spacial score (nSPS) is 11.6. The smallest absolute Gasteiger partial charge is 0.384 e. The van der Waals surface area contributed by atoms with E-state index in [0.29, 0.717) is 4.57 Å². The van der Waals surface area contributed by atoms with Crippen LogP contribution in [0.4, 0.5) is 19.0 Å². The molecule has 20 heavy (non-hydrogen) atoms. The minimum Gasteiger partial charge on any atom is -0.384 e. The molecule has 4 nitrogen and oxygen atoms in total. The van der Waals surface area contributed by atoms with Gasteiger partial charge >= 0.3 is 6.18 Å². The molecule has 2 N–H and O–H groups in total. The molecule has 8 heteroatoms. The molecule has 106 valence electrons. The van der Waals surface area contributed by atoms with E-state index in [9.17, 15) is 18.0 Å². The molecule has 0 spiro atoms. The topological polar surface area (TPSA) is 60.9 Å². The van der Waals surface area contributed by atoms with E-state index < -0.39 is 24.0 Å². The van der Waals surface area contributed by atoms with E-state index in [4.69, 9.17) is 17.3 Å². The molecule has 2 aromatic heterocycles. The molecule has 0 atom stereocenters. The van der Waals surface area contributed by atoms with Crippen LogP contribution in [0.2, 0.25) is 5.02 Å². The monoisotopic (exact) mass is 303 g/mol. The van der Waals surface area contributed by atoms with Gasteiger partial charge in [-0.2, -0.15) is 13.2 Å². The molecule has 0 fully saturated rings. The molecule has 0 bridgehead atoms. The number of aromatic nitrogens is 2. The van der Waals surface area contributed by atoms with E-state index in [1.54, 1.807) is 0 Å². The molecular weight excluding hydrogens is 295 g/mol. The molecule has 0 aliphatic heterocycles. The maximum Gasteiger partial charge on any atom is 0.431 e. The maximum absolute atomic E-state index is 12.9. The Morgan fingerprint density at radius 3 is 2.60 bits per heavy atom. The first-order chi connectivity index (χ1) is 9.29. The van der Waals surface area contributed by atoms with Crippen molar-refractivity contribution >= 4 is 17.4 Å². The molecule has 0 aliphatic rings. The fourth-order valence-electron chi connectivity index (χ4n) is 1.69. The number of hydrogen-bond donors (Lipinski definition) is 1. The first kappa shape index (κ1) is 14.4. The van der Waals surface area contributed by atoms with Gasteiger partial charge in [-0.3, -0.25) is 9.36 Å². The van der Waals surface area contributed by atoms with Gasteiger partial charge in [0.25, 0.3) is 5.56 Å². The van der Waals surface area contributed by atoms with Crippen molar-refractivity contribution in [2.75, 3.05) is 5.73 Å². The van der Waals surface area contributed by atoms with Gasteiger partial charge in [-0.15, -0.1) is 0 Å². The zero-order valence-corrected chi connectivity index (χ0v) is 10.7. The maximum atomic E-state index is 12.9. The molecule has 2 rings (SSSR count). The Morgan fingerprint density at radius 1 is 1.25 bits per heavy atom. The molecule has 0 aliphatic carbocycles. The Kier molecular flexibility index (Phi) is 3.71. The lowest BCUT2D eigenvalue weighted by molar-refractivity contribution is -0.144. The highest BCUT2D eigenvalue weighted by molar-refractivity contribution is 6.31. The molecule has 0 saturated heterocycles. The number of alkyl halides is 3. The van der Waals surface area contributed by atoms with Crippen molar-refractivity contribution < 1.29 is 13.2 Å². The fraction of sp³-hybridized carbons (Fsp3) is 0.167. The summed E-state index contributed by atoms with van der Waals surface area (Å²) in [6.45, 7) is -0.404. The molecule has 2 aromatic rings. The zero-order chi connectivity index (χ0) is 14.9. The van der Waals surface area contributed by atoms with Crippen LogP contribution in [0.25, 0.3) is 0 Å². The van der Waals surface area contributed by atoms with Crippen LogP contribution in [-0.2, 0) is 12.7 Å². The van der Waals surface area contributed by atoms with Crippen molar-refractivity contribution in [3.63, 3.8) is 0 Å². The number of nitrogens with two attached hydrogens (primary N) is 1. The SMILES string of the molecule is Nc1ccc(Cl)c(Cn2c(C(F)(F)F)cccc2=O)n1.